The Bertz CT molecular complexity index is 537. The number of aliphatic hydroxyl groups is 1. The Morgan fingerprint density at radius 2 is 2.00 bits per heavy atom. The van der Waals surface area contributed by atoms with Crippen molar-refractivity contribution in [3.05, 3.63) is 59.7 Å². The molecule has 2 aromatic rings. The summed E-state index contributed by atoms with van der Waals surface area (Å²) in [6, 6.07) is 15.5. The van der Waals surface area contributed by atoms with E-state index in [0.29, 0.717) is 13.2 Å². The van der Waals surface area contributed by atoms with Gasteiger partial charge in [0.25, 0.3) is 0 Å². The number of benzene rings is 2. The lowest BCUT2D eigenvalue weighted by Crippen LogP contribution is -1.98. The van der Waals surface area contributed by atoms with Crippen molar-refractivity contribution in [1.29, 1.82) is 0 Å². The third-order valence-electron chi connectivity index (χ3n) is 2.99. The van der Waals surface area contributed by atoms with Gasteiger partial charge in [0.1, 0.15) is 30.8 Å². The van der Waals surface area contributed by atoms with Crippen molar-refractivity contribution in [2.75, 3.05) is 6.61 Å². The van der Waals surface area contributed by atoms with Gasteiger partial charge in [0, 0.05) is 5.56 Å². The first-order valence-electron chi connectivity index (χ1n) is 5.94. The standard InChI is InChI=1S/C15H14O3/c16-14-10-18-15-7-6-12(8-13(14)15)17-9-11-4-2-1-3-5-11/h1-8,14,16H,9-10H2. The zero-order chi connectivity index (χ0) is 12.4. The molecule has 2 aromatic carbocycles. The zero-order valence-corrected chi connectivity index (χ0v) is 9.87. The maximum absolute atomic E-state index is 9.71. The highest BCUT2D eigenvalue weighted by atomic mass is 16.5. The normalized spacial score (nSPS) is 17.1. The molecule has 0 saturated heterocycles. The molecule has 1 aliphatic heterocycles. The average molecular weight is 242 g/mol. The fourth-order valence-corrected chi connectivity index (χ4v) is 2.01. The molecule has 3 nitrogen and oxygen atoms in total. The first-order chi connectivity index (χ1) is 8.83. The van der Waals surface area contributed by atoms with E-state index in [2.05, 4.69) is 0 Å². The SMILES string of the molecule is OC1COc2ccc(OCc3ccccc3)cc21. The molecule has 0 aromatic heterocycles. The van der Waals surface area contributed by atoms with Crippen LogP contribution >= 0.6 is 0 Å². The lowest BCUT2D eigenvalue weighted by Gasteiger charge is -2.08. The first kappa shape index (κ1) is 11.1. The fraction of sp³-hybridized carbons (Fsp3) is 0.200. The Labute approximate surface area is 106 Å². The Balaban J connectivity index is 1.72. The number of fused-ring (bicyclic) bond motifs is 1. The molecule has 0 bridgehead atoms. The summed E-state index contributed by atoms with van der Waals surface area (Å²) in [5.74, 6) is 1.50. The van der Waals surface area contributed by atoms with E-state index in [1.165, 1.54) is 0 Å². The molecule has 1 heterocycles. The summed E-state index contributed by atoms with van der Waals surface area (Å²) < 4.78 is 11.0. The number of aliphatic hydroxyl groups excluding tert-OH is 1. The molecular formula is C15H14O3. The van der Waals surface area contributed by atoms with Crippen LogP contribution in [-0.2, 0) is 6.61 Å². The van der Waals surface area contributed by atoms with Crippen LogP contribution in [0.2, 0.25) is 0 Å². The maximum Gasteiger partial charge on any atom is 0.125 e. The first-order valence-corrected chi connectivity index (χ1v) is 5.94. The van der Waals surface area contributed by atoms with Crippen LogP contribution in [0.4, 0.5) is 0 Å². The van der Waals surface area contributed by atoms with Crippen LogP contribution < -0.4 is 9.47 Å². The van der Waals surface area contributed by atoms with Gasteiger partial charge in [0.15, 0.2) is 0 Å². The molecule has 0 amide bonds. The lowest BCUT2D eigenvalue weighted by atomic mass is 10.1. The van der Waals surface area contributed by atoms with Gasteiger partial charge in [0.05, 0.1) is 0 Å². The van der Waals surface area contributed by atoms with Crippen LogP contribution in [0.25, 0.3) is 0 Å². The van der Waals surface area contributed by atoms with Crippen molar-refractivity contribution >= 4 is 0 Å². The Morgan fingerprint density at radius 3 is 2.83 bits per heavy atom. The van der Waals surface area contributed by atoms with Crippen LogP contribution in [-0.4, -0.2) is 11.7 Å². The highest BCUT2D eigenvalue weighted by Crippen LogP contribution is 2.34. The summed E-state index contributed by atoms with van der Waals surface area (Å²) in [5, 5.41) is 9.71. The fourth-order valence-electron chi connectivity index (χ4n) is 2.01. The quantitative estimate of drug-likeness (QED) is 0.899. The highest BCUT2D eigenvalue weighted by Gasteiger charge is 2.22. The molecule has 1 N–H and O–H groups in total. The van der Waals surface area contributed by atoms with E-state index in [0.717, 1.165) is 22.6 Å². The van der Waals surface area contributed by atoms with Gasteiger partial charge < -0.3 is 14.6 Å². The van der Waals surface area contributed by atoms with Gasteiger partial charge in [-0.25, -0.2) is 0 Å². The molecule has 0 spiro atoms. The lowest BCUT2D eigenvalue weighted by molar-refractivity contribution is 0.140. The van der Waals surface area contributed by atoms with Crippen molar-refractivity contribution in [3.8, 4) is 11.5 Å². The van der Waals surface area contributed by atoms with Crippen molar-refractivity contribution in [1.82, 2.24) is 0 Å². The Kier molecular flexibility index (Phi) is 2.90. The molecule has 1 atom stereocenters. The van der Waals surface area contributed by atoms with Crippen LogP contribution in [0.1, 0.15) is 17.2 Å². The topological polar surface area (TPSA) is 38.7 Å². The van der Waals surface area contributed by atoms with Gasteiger partial charge in [-0.3, -0.25) is 0 Å². The van der Waals surface area contributed by atoms with Crippen LogP contribution in [0.15, 0.2) is 48.5 Å². The summed E-state index contributed by atoms with van der Waals surface area (Å²) in [7, 11) is 0. The van der Waals surface area contributed by atoms with E-state index in [9.17, 15) is 5.11 Å². The summed E-state index contributed by atoms with van der Waals surface area (Å²) in [5.41, 5.74) is 1.93. The molecule has 0 fully saturated rings. The number of ether oxygens (including phenoxy) is 2. The summed E-state index contributed by atoms with van der Waals surface area (Å²) in [6.45, 7) is 0.855. The van der Waals surface area contributed by atoms with Gasteiger partial charge in [-0.1, -0.05) is 30.3 Å². The largest absolute Gasteiger partial charge is 0.490 e. The van der Waals surface area contributed by atoms with E-state index in [1.54, 1.807) is 0 Å². The molecule has 3 heteroatoms. The van der Waals surface area contributed by atoms with Gasteiger partial charge >= 0.3 is 0 Å². The van der Waals surface area contributed by atoms with Crippen molar-refractivity contribution < 1.29 is 14.6 Å². The van der Waals surface area contributed by atoms with Crippen LogP contribution in [0.3, 0.4) is 0 Å². The molecular weight excluding hydrogens is 228 g/mol. The average Bonchev–Trinajstić information content (AvgIpc) is 2.79. The molecule has 18 heavy (non-hydrogen) atoms. The summed E-state index contributed by atoms with van der Waals surface area (Å²) >= 11 is 0. The van der Waals surface area contributed by atoms with Gasteiger partial charge in [-0.2, -0.15) is 0 Å². The highest BCUT2D eigenvalue weighted by molar-refractivity contribution is 5.44. The van der Waals surface area contributed by atoms with Gasteiger partial charge in [-0.05, 0) is 23.8 Å². The van der Waals surface area contributed by atoms with E-state index >= 15 is 0 Å². The number of rotatable bonds is 3. The maximum atomic E-state index is 9.71. The number of hydrogen-bond acceptors (Lipinski definition) is 3. The summed E-state index contributed by atoms with van der Waals surface area (Å²) in [6.07, 6.45) is -0.541. The molecule has 0 saturated carbocycles. The van der Waals surface area contributed by atoms with Crippen molar-refractivity contribution in [3.63, 3.8) is 0 Å². The second kappa shape index (κ2) is 4.70. The Morgan fingerprint density at radius 1 is 1.17 bits per heavy atom. The predicted molar refractivity (Wildman–Crippen MR) is 67.7 cm³/mol. The minimum atomic E-state index is -0.541. The molecule has 3 rings (SSSR count). The number of hydrogen-bond donors (Lipinski definition) is 1. The van der Waals surface area contributed by atoms with E-state index < -0.39 is 6.10 Å². The van der Waals surface area contributed by atoms with Crippen LogP contribution in [0, 0.1) is 0 Å². The van der Waals surface area contributed by atoms with Gasteiger partial charge in [0.2, 0.25) is 0 Å². The predicted octanol–water partition coefficient (Wildman–Crippen LogP) is 2.69. The van der Waals surface area contributed by atoms with E-state index in [1.807, 2.05) is 48.5 Å². The van der Waals surface area contributed by atoms with Crippen molar-refractivity contribution in [2.24, 2.45) is 0 Å². The minimum Gasteiger partial charge on any atom is -0.490 e. The third kappa shape index (κ3) is 2.17. The van der Waals surface area contributed by atoms with Crippen molar-refractivity contribution in [2.45, 2.75) is 12.7 Å². The smallest absolute Gasteiger partial charge is 0.125 e. The summed E-state index contributed by atoms with van der Waals surface area (Å²) in [4.78, 5) is 0. The van der Waals surface area contributed by atoms with Crippen LogP contribution in [0.5, 0.6) is 11.5 Å². The molecule has 1 unspecified atom stereocenters. The molecule has 92 valence electrons. The third-order valence-corrected chi connectivity index (χ3v) is 2.99. The zero-order valence-electron chi connectivity index (χ0n) is 9.87. The molecule has 1 aliphatic rings. The second-order valence-electron chi connectivity index (χ2n) is 4.30. The van der Waals surface area contributed by atoms with E-state index in [4.69, 9.17) is 9.47 Å². The Hall–Kier alpha value is -2.00. The van der Waals surface area contributed by atoms with Gasteiger partial charge in [-0.15, -0.1) is 0 Å². The molecule has 0 radical (unpaired) electrons. The monoisotopic (exact) mass is 242 g/mol. The van der Waals surface area contributed by atoms with E-state index in [-0.39, 0.29) is 0 Å². The molecule has 0 aliphatic carbocycles. The minimum absolute atomic E-state index is 0.331. The second-order valence-corrected chi connectivity index (χ2v) is 4.30.